The van der Waals surface area contributed by atoms with Crippen LogP contribution in [0.15, 0.2) is 54.6 Å². The maximum atomic E-state index is 12.7. The number of hydrogen-bond acceptors (Lipinski definition) is 4. The van der Waals surface area contributed by atoms with Gasteiger partial charge in [0.05, 0.1) is 12.1 Å². The van der Waals surface area contributed by atoms with Crippen molar-refractivity contribution in [3.05, 3.63) is 82.8 Å². The molecule has 0 radical (unpaired) electrons. The van der Waals surface area contributed by atoms with Gasteiger partial charge in [0.1, 0.15) is 0 Å². The molecule has 31 heavy (non-hydrogen) atoms. The van der Waals surface area contributed by atoms with Crippen LogP contribution in [0, 0.1) is 20.8 Å². The van der Waals surface area contributed by atoms with Crippen LogP contribution >= 0.6 is 0 Å². The van der Waals surface area contributed by atoms with Crippen molar-refractivity contribution in [2.24, 2.45) is 0 Å². The zero-order valence-electron chi connectivity index (χ0n) is 18.1. The van der Waals surface area contributed by atoms with Crippen LogP contribution in [-0.4, -0.2) is 26.3 Å². The number of nitrogens with one attached hydrogen (secondary N) is 1. The number of Topliss-reactive ketones (excluding diaryl/α,β-unsaturated/α-hetero) is 1. The standard InChI is InChI=1S/C25H24N4O2/c1-15-22(14-23(31)27-21-12-8-11-20(13-21)18(4)30)17(3)29-25(26-15)24(16(2)28-29)19-9-6-5-7-10-19/h5-13H,14H2,1-4H3,(H,27,31). The molecule has 0 fully saturated rings. The summed E-state index contributed by atoms with van der Waals surface area (Å²) in [6.45, 7) is 7.36. The Kier molecular flexibility index (Phi) is 5.38. The number of amides is 1. The van der Waals surface area contributed by atoms with Crippen molar-refractivity contribution in [2.45, 2.75) is 34.1 Å². The number of aryl methyl sites for hydroxylation is 3. The van der Waals surface area contributed by atoms with Crippen molar-refractivity contribution < 1.29 is 9.59 Å². The molecule has 0 aliphatic carbocycles. The van der Waals surface area contributed by atoms with E-state index in [9.17, 15) is 9.59 Å². The maximum Gasteiger partial charge on any atom is 0.228 e. The summed E-state index contributed by atoms with van der Waals surface area (Å²) in [5, 5.41) is 7.58. The smallest absolute Gasteiger partial charge is 0.228 e. The number of hydrogen-bond donors (Lipinski definition) is 1. The topological polar surface area (TPSA) is 76.4 Å². The van der Waals surface area contributed by atoms with Gasteiger partial charge in [0, 0.05) is 33.8 Å². The van der Waals surface area contributed by atoms with Gasteiger partial charge in [-0.15, -0.1) is 0 Å². The van der Waals surface area contributed by atoms with Gasteiger partial charge in [-0.2, -0.15) is 5.10 Å². The predicted molar refractivity (Wildman–Crippen MR) is 121 cm³/mol. The summed E-state index contributed by atoms with van der Waals surface area (Å²) in [7, 11) is 0. The van der Waals surface area contributed by atoms with Gasteiger partial charge in [0.2, 0.25) is 5.91 Å². The summed E-state index contributed by atoms with van der Waals surface area (Å²) in [6.07, 6.45) is 0.171. The van der Waals surface area contributed by atoms with E-state index in [1.54, 1.807) is 24.3 Å². The van der Waals surface area contributed by atoms with Crippen molar-refractivity contribution in [1.82, 2.24) is 14.6 Å². The third kappa shape index (κ3) is 3.97. The second-order valence-electron chi connectivity index (χ2n) is 7.68. The molecule has 4 rings (SSSR count). The number of benzene rings is 2. The lowest BCUT2D eigenvalue weighted by Gasteiger charge is -2.12. The molecule has 2 aromatic carbocycles. The van der Waals surface area contributed by atoms with Crippen molar-refractivity contribution in [3.8, 4) is 11.1 Å². The summed E-state index contributed by atoms with van der Waals surface area (Å²) in [6, 6.07) is 17.0. The fourth-order valence-corrected chi connectivity index (χ4v) is 3.85. The van der Waals surface area contributed by atoms with Crippen LogP contribution < -0.4 is 5.32 Å². The second kappa shape index (κ2) is 8.14. The number of fused-ring (bicyclic) bond motifs is 1. The fourth-order valence-electron chi connectivity index (χ4n) is 3.85. The largest absolute Gasteiger partial charge is 0.326 e. The van der Waals surface area contributed by atoms with Gasteiger partial charge < -0.3 is 5.32 Å². The minimum Gasteiger partial charge on any atom is -0.326 e. The molecule has 6 nitrogen and oxygen atoms in total. The molecule has 0 aliphatic rings. The summed E-state index contributed by atoms with van der Waals surface area (Å²) in [4.78, 5) is 29.1. The number of nitrogens with zero attached hydrogens (tertiary/aromatic N) is 3. The molecule has 1 N–H and O–H groups in total. The van der Waals surface area contributed by atoms with Crippen molar-refractivity contribution >= 4 is 23.0 Å². The lowest BCUT2D eigenvalue weighted by atomic mass is 10.1. The molecular weight excluding hydrogens is 388 g/mol. The van der Waals surface area contributed by atoms with E-state index in [-0.39, 0.29) is 18.1 Å². The van der Waals surface area contributed by atoms with E-state index >= 15 is 0 Å². The molecule has 4 aromatic rings. The van der Waals surface area contributed by atoms with Gasteiger partial charge in [-0.05, 0) is 45.4 Å². The summed E-state index contributed by atoms with van der Waals surface area (Å²) < 4.78 is 1.82. The molecule has 0 atom stereocenters. The third-order valence-corrected chi connectivity index (χ3v) is 5.45. The zero-order valence-corrected chi connectivity index (χ0v) is 18.1. The Hall–Kier alpha value is -3.80. The first-order valence-corrected chi connectivity index (χ1v) is 10.2. The van der Waals surface area contributed by atoms with Gasteiger partial charge in [-0.25, -0.2) is 9.50 Å². The lowest BCUT2D eigenvalue weighted by molar-refractivity contribution is -0.115. The van der Waals surface area contributed by atoms with Gasteiger partial charge in [0.15, 0.2) is 11.4 Å². The van der Waals surface area contributed by atoms with Gasteiger partial charge >= 0.3 is 0 Å². The van der Waals surface area contributed by atoms with Crippen LogP contribution in [0.2, 0.25) is 0 Å². The summed E-state index contributed by atoms with van der Waals surface area (Å²) in [5.41, 5.74) is 7.45. The van der Waals surface area contributed by atoms with E-state index in [2.05, 4.69) is 5.32 Å². The molecule has 2 heterocycles. The van der Waals surface area contributed by atoms with E-state index in [4.69, 9.17) is 10.1 Å². The zero-order chi connectivity index (χ0) is 22.1. The quantitative estimate of drug-likeness (QED) is 0.482. The van der Waals surface area contributed by atoms with E-state index in [1.165, 1.54) is 6.92 Å². The van der Waals surface area contributed by atoms with Crippen LogP contribution in [0.5, 0.6) is 0 Å². The molecule has 0 bridgehead atoms. The van der Waals surface area contributed by atoms with Crippen LogP contribution in [0.4, 0.5) is 5.69 Å². The monoisotopic (exact) mass is 412 g/mol. The number of anilines is 1. The van der Waals surface area contributed by atoms with Gasteiger partial charge in [-0.3, -0.25) is 9.59 Å². The Balaban J connectivity index is 1.67. The predicted octanol–water partition coefficient (Wildman–Crippen LogP) is 4.71. The first-order valence-electron chi connectivity index (χ1n) is 10.2. The minimum absolute atomic E-state index is 0.0410. The molecule has 0 saturated heterocycles. The lowest BCUT2D eigenvalue weighted by Crippen LogP contribution is -2.18. The molecule has 6 heteroatoms. The van der Waals surface area contributed by atoms with Crippen molar-refractivity contribution in [3.63, 3.8) is 0 Å². The molecule has 0 saturated carbocycles. The van der Waals surface area contributed by atoms with Crippen LogP contribution in [0.3, 0.4) is 0 Å². The van der Waals surface area contributed by atoms with Crippen molar-refractivity contribution in [2.75, 3.05) is 5.32 Å². The highest BCUT2D eigenvalue weighted by Crippen LogP contribution is 2.29. The first kappa shape index (κ1) is 20.5. The fraction of sp³-hybridized carbons (Fsp3) is 0.200. The minimum atomic E-state index is -0.166. The van der Waals surface area contributed by atoms with Crippen LogP contribution in [-0.2, 0) is 11.2 Å². The van der Waals surface area contributed by atoms with E-state index in [0.717, 1.165) is 39.4 Å². The van der Waals surface area contributed by atoms with Crippen LogP contribution in [0.25, 0.3) is 16.8 Å². The number of ketones is 1. The molecule has 2 aromatic heterocycles. The first-order chi connectivity index (χ1) is 14.8. The highest BCUT2D eigenvalue weighted by Gasteiger charge is 2.19. The highest BCUT2D eigenvalue weighted by atomic mass is 16.1. The second-order valence-corrected chi connectivity index (χ2v) is 7.68. The van der Waals surface area contributed by atoms with E-state index in [0.29, 0.717) is 11.3 Å². The van der Waals surface area contributed by atoms with Gasteiger partial charge in [-0.1, -0.05) is 42.5 Å². The molecule has 1 amide bonds. The average molecular weight is 412 g/mol. The Labute approximate surface area is 180 Å². The molecule has 156 valence electrons. The number of rotatable bonds is 5. The molecule has 0 aliphatic heterocycles. The van der Waals surface area contributed by atoms with E-state index < -0.39 is 0 Å². The number of carbonyl (C=O) groups is 2. The average Bonchev–Trinajstić information content (AvgIpc) is 3.08. The third-order valence-electron chi connectivity index (χ3n) is 5.45. The molecular formula is C25H24N4O2. The Bertz CT molecular complexity index is 1310. The van der Waals surface area contributed by atoms with Crippen molar-refractivity contribution in [1.29, 1.82) is 0 Å². The van der Waals surface area contributed by atoms with Crippen LogP contribution in [0.1, 0.15) is 39.9 Å². The summed E-state index contributed by atoms with van der Waals surface area (Å²) in [5.74, 6) is -0.207. The van der Waals surface area contributed by atoms with E-state index in [1.807, 2.05) is 55.6 Å². The Morgan fingerprint density at radius 3 is 2.42 bits per heavy atom. The molecule has 0 spiro atoms. The number of carbonyl (C=O) groups excluding carboxylic acids is 2. The molecule has 0 unspecified atom stereocenters. The SMILES string of the molecule is CC(=O)c1cccc(NC(=O)Cc2c(C)nc3c(-c4ccccc4)c(C)nn3c2C)c1. The maximum absolute atomic E-state index is 12.7. The summed E-state index contributed by atoms with van der Waals surface area (Å²) >= 11 is 0. The van der Waals surface area contributed by atoms with Gasteiger partial charge in [0.25, 0.3) is 0 Å². The normalized spacial score (nSPS) is 11.0. The Morgan fingerprint density at radius 1 is 0.968 bits per heavy atom. The Morgan fingerprint density at radius 2 is 1.71 bits per heavy atom. The highest BCUT2D eigenvalue weighted by molar-refractivity contribution is 5.97. The number of aromatic nitrogens is 3.